The van der Waals surface area contributed by atoms with Gasteiger partial charge in [-0.3, -0.25) is 4.79 Å². The van der Waals surface area contributed by atoms with Gasteiger partial charge in [-0.05, 0) is 29.9 Å². The van der Waals surface area contributed by atoms with Gasteiger partial charge in [0.15, 0.2) is 0 Å². The predicted molar refractivity (Wildman–Crippen MR) is 84.5 cm³/mol. The molecule has 1 amide bonds. The van der Waals surface area contributed by atoms with Gasteiger partial charge in [-0.15, -0.1) is 0 Å². The van der Waals surface area contributed by atoms with Gasteiger partial charge < -0.3 is 9.64 Å². The van der Waals surface area contributed by atoms with E-state index in [1.807, 2.05) is 39.9 Å². The molecule has 1 aromatic heterocycles. The van der Waals surface area contributed by atoms with Gasteiger partial charge in [0, 0.05) is 18.5 Å². The Morgan fingerprint density at radius 2 is 1.95 bits per heavy atom. The minimum atomic E-state index is 0.151. The number of nitrogens with zero attached hydrogens (tertiary/aromatic N) is 1. The highest BCUT2D eigenvalue weighted by atomic mass is 32.1. The predicted octanol–water partition coefficient (Wildman–Crippen LogP) is 3.57. The van der Waals surface area contributed by atoms with Crippen molar-refractivity contribution in [1.82, 2.24) is 4.90 Å². The molecule has 1 saturated heterocycles. The molecule has 0 atom stereocenters. The normalized spacial score (nSPS) is 16.1. The van der Waals surface area contributed by atoms with Crippen LogP contribution in [0.15, 0.2) is 47.2 Å². The van der Waals surface area contributed by atoms with Crippen molar-refractivity contribution in [3.05, 3.63) is 58.3 Å². The standard InChI is InChI=1S/C17H19NO2S/c19-17(15-8-11-21-13-15)18-9-6-16(7-10-18)20-12-14-4-2-1-3-5-14/h1-5,8,11,13,16H,6-7,9-10,12H2. The molecule has 0 unspecified atom stereocenters. The molecule has 4 heteroatoms. The first-order valence-corrected chi connectivity index (χ1v) is 8.24. The summed E-state index contributed by atoms with van der Waals surface area (Å²) in [4.78, 5) is 14.2. The fourth-order valence-corrected chi connectivity index (χ4v) is 3.21. The molecule has 1 aliphatic heterocycles. The second-order valence-corrected chi connectivity index (χ2v) is 6.08. The molecule has 0 spiro atoms. The van der Waals surface area contributed by atoms with E-state index in [4.69, 9.17) is 4.74 Å². The van der Waals surface area contributed by atoms with Gasteiger partial charge >= 0.3 is 0 Å². The van der Waals surface area contributed by atoms with E-state index in [1.54, 1.807) is 11.3 Å². The van der Waals surface area contributed by atoms with Gasteiger partial charge in [-0.25, -0.2) is 0 Å². The smallest absolute Gasteiger partial charge is 0.254 e. The first-order valence-electron chi connectivity index (χ1n) is 7.30. The number of ether oxygens (including phenoxy) is 1. The fourth-order valence-electron chi connectivity index (χ4n) is 2.58. The Bertz CT molecular complexity index is 560. The van der Waals surface area contributed by atoms with E-state index in [-0.39, 0.29) is 12.0 Å². The Labute approximate surface area is 129 Å². The van der Waals surface area contributed by atoms with Crippen molar-refractivity contribution in [2.45, 2.75) is 25.6 Å². The molecular formula is C17H19NO2S. The van der Waals surface area contributed by atoms with Crippen LogP contribution in [0.4, 0.5) is 0 Å². The van der Waals surface area contributed by atoms with Gasteiger partial charge in [-0.2, -0.15) is 11.3 Å². The second kappa shape index (κ2) is 6.87. The fraction of sp³-hybridized carbons (Fsp3) is 0.353. The molecular weight excluding hydrogens is 282 g/mol. The van der Waals surface area contributed by atoms with Crippen LogP contribution in [0.1, 0.15) is 28.8 Å². The Morgan fingerprint density at radius 3 is 2.62 bits per heavy atom. The molecule has 1 aromatic carbocycles. The van der Waals surface area contributed by atoms with Crippen LogP contribution in [0, 0.1) is 0 Å². The van der Waals surface area contributed by atoms with Crippen molar-refractivity contribution in [2.24, 2.45) is 0 Å². The molecule has 1 aliphatic rings. The molecule has 3 nitrogen and oxygen atoms in total. The summed E-state index contributed by atoms with van der Waals surface area (Å²) >= 11 is 1.57. The van der Waals surface area contributed by atoms with E-state index in [2.05, 4.69) is 12.1 Å². The third kappa shape index (κ3) is 3.71. The number of rotatable bonds is 4. The van der Waals surface area contributed by atoms with E-state index < -0.39 is 0 Å². The Hall–Kier alpha value is -1.65. The minimum absolute atomic E-state index is 0.151. The van der Waals surface area contributed by atoms with Crippen molar-refractivity contribution < 1.29 is 9.53 Å². The highest BCUT2D eigenvalue weighted by Crippen LogP contribution is 2.18. The van der Waals surface area contributed by atoms with E-state index in [1.165, 1.54) is 5.56 Å². The van der Waals surface area contributed by atoms with Gasteiger partial charge in [0.05, 0.1) is 18.3 Å². The Balaban J connectivity index is 1.46. The van der Waals surface area contributed by atoms with Crippen LogP contribution in [0.25, 0.3) is 0 Å². The number of amides is 1. The number of hydrogen-bond donors (Lipinski definition) is 0. The average Bonchev–Trinajstić information content (AvgIpc) is 3.08. The first kappa shape index (κ1) is 14.3. The third-order valence-corrected chi connectivity index (χ3v) is 4.51. The summed E-state index contributed by atoms with van der Waals surface area (Å²) in [5, 5.41) is 3.86. The highest BCUT2D eigenvalue weighted by molar-refractivity contribution is 7.08. The Kier molecular flexibility index (Phi) is 4.68. The summed E-state index contributed by atoms with van der Waals surface area (Å²) in [5.74, 6) is 0.151. The zero-order valence-corrected chi connectivity index (χ0v) is 12.7. The molecule has 1 fully saturated rings. The van der Waals surface area contributed by atoms with E-state index in [0.717, 1.165) is 31.5 Å². The average molecular weight is 301 g/mol. The monoisotopic (exact) mass is 301 g/mol. The zero-order valence-electron chi connectivity index (χ0n) is 11.9. The van der Waals surface area contributed by atoms with Crippen LogP contribution >= 0.6 is 11.3 Å². The molecule has 0 bridgehead atoms. The van der Waals surface area contributed by atoms with Crippen LogP contribution in [0.3, 0.4) is 0 Å². The summed E-state index contributed by atoms with van der Waals surface area (Å²) < 4.78 is 5.95. The number of benzene rings is 1. The van der Waals surface area contributed by atoms with Crippen molar-refractivity contribution in [3.63, 3.8) is 0 Å². The van der Waals surface area contributed by atoms with Crippen LogP contribution < -0.4 is 0 Å². The number of carbonyl (C=O) groups excluding carboxylic acids is 1. The highest BCUT2D eigenvalue weighted by Gasteiger charge is 2.24. The number of thiophene rings is 1. The molecule has 2 aromatic rings. The number of piperidine rings is 1. The quantitative estimate of drug-likeness (QED) is 0.864. The molecule has 0 aliphatic carbocycles. The van der Waals surface area contributed by atoms with Gasteiger partial charge in [0.25, 0.3) is 5.91 Å². The lowest BCUT2D eigenvalue weighted by Gasteiger charge is -2.31. The van der Waals surface area contributed by atoms with E-state index in [9.17, 15) is 4.79 Å². The molecule has 0 radical (unpaired) electrons. The summed E-state index contributed by atoms with van der Waals surface area (Å²) in [6.07, 6.45) is 2.10. The SMILES string of the molecule is O=C(c1ccsc1)N1CCC(OCc2ccccc2)CC1. The minimum Gasteiger partial charge on any atom is -0.373 e. The third-order valence-electron chi connectivity index (χ3n) is 3.83. The molecule has 2 heterocycles. The lowest BCUT2D eigenvalue weighted by atomic mass is 10.1. The molecule has 0 saturated carbocycles. The lowest BCUT2D eigenvalue weighted by molar-refractivity contribution is -0.000367. The van der Waals surface area contributed by atoms with Crippen LogP contribution in [0.5, 0.6) is 0 Å². The van der Waals surface area contributed by atoms with Crippen LogP contribution in [-0.2, 0) is 11.3 Å². The number of likely N-dealkylation sites (tertiary alicyclic amines) is 1. The van der Waals surface area contributed by atoms with Crippen molar-refractivity contribution in [2.75, 3.05) is 13.1 Å². The van der Waals surface area contributed by atoms with Gasteiger partial charge in [0.2, 0.25) is 0 Å². The summed E-state index contributed by atoms with van der Waals surface area (Å²) in [6.45, 7) is 2.23. The topological polar surface area (TPSA) is 29.5 Å². The summed E-state index contributed by atoms with van der Waals surface area (Å²) in [6, 6.07) is 12.1. The first-order chi connectivity index (χ1) is 10.3. The second-order valence-electron chi connectivity index (χ2n) is 5.30. The summed E-state index contributed by atoms with van der Waals surface area (Å²) in [7, 11) is 0. The van der Waals surface area contributed by atoms with Crippen LogP contribution in [-0.4, -0.2) is 30.0 Å². The number of carbonyl (C=O) groups is 1. The maximum atomic E-state index is 12.2. The maximum absolute atomic E-state index is 12.2. The van der Waals surface area contributed by atoms with Gasteiger partial charge in [-0.1, -0.05) is 30.3 Å². The van der Waals surface area contributed by atoms with Gasteiger partial charge in [0.1, 0.15) is 0 Å². The Morgan fingerprint density at radius 1 is 1.19 bits per heavy atom. The largest absolute Gasteiger partial charge is 0.373 e. The lowest BCUT2D eigenvalue weighted by Crippen LogP contribution is -2.40. The number of hydrogen-bond acceptors (Lipinski definition) is 3. The molecule has 21 heavy (non-hydrogen) atoms. The molecule has 3 rings (SSSR count). The van der Waals surface area contributed by atoms with Crippen molar-refractivity contribution >= 4 is 17.2 Å². The van der Waals surface area contributed by atoms with Crippen molar-refractivity contribution in [1.29, 1.82) is 0 Å². The van der Waals surface area contributed by atoms with E-state index >= 15 is 0 Å². The molecule has 0 N–H and O–H groups in total. The molecule has 110 valence electrons. The van der Waals surface area contributed by atoms with Crippen molar-refractivity contribution in [3.8, 4) is 0 Å². The summed E-state index contributed by atoms with van der Waals surface area (Å²) in [5.41, 5.74) is 2.01. The van der Waals surface area contributed by atoms with E-state index in [0.29, 0.717) is 6.61 Å². The zero-order chi connectivity index (χ0) is 14.5. The maximum Gasteiger partial charge on any atom is 0.254 e. The van der Waals surface area contributed by atoms with Crippen LogP contribution in [0.2, 0.25) is 0 Å².